The summed E-state index contributed by atoms with van der Waals surface area (Å²) in [6, 6.07) is 6.29. The molecule has 1 N–H and O–H groups in total. The Balaban J connectivity index is 1.75. The first kappa shape index (κ1) is 15.8. The lowest BCUT2D eigenvalue weighted by Gasteiger charge is -2.24. The molecule has 1 amide bonds. The highest BCUT2D eigenvalue weighted by Gasteiger charge is 2.33. The number of carbonyl (C=O) groups is 1. The molecule has 2 aliphatic heterocycles. The summed E-state index contributed by atoms with van der Waals surface area (Å²) in [5.41, 5.74) is 0.816. The quantitative estimate of drug-likeness (QED) is 0.760. The van der Waals surface area contributed by atoms with Gasteiger partial charge in [-0.25, -0.2) is 4.79 Å². The molecule has 1 aromatic heterocycles. The third-order valence-corrected chi connectivity index (χ3v) is 5.64. The van der Waals surface area contributed by atoms with Crippen LogP contribution in [-0.4, -0.2) is 36.0 Å². The zero-order chi connectivity index (χ0) is 16.8. The molecule has 2 bridgehead atoms. The van der Waals surface area contributed by atoms with Crippen LogP contribution in [0.5, 0.6) is 0 Å². The van der Waals surface area contributed by atoms with Crippen molar-refractivity contribution in [1.29, 1.82) is 0 Å². The number of hydrogen-bond acceptors (Lipinski definition) is 4. The van der Waals surface area contributed by atoms with Gasteiger partial charge in [-0.15, -0.1) is 0 Å². The number of aryl methyl sites for hydroxylation is 1. The molecule has 2 atom stereocenters. The van der Waals surface area contributed by atoms with Crippen molar-refractivity contribution in [2.75, 3.05) is 13.1 Å². The second-order valence-corrected chi connectivity index (χ2v) is 7.62. The largest absolute Gasteiger partial charge is 0.422 e. The average molecular weight is 391 g/mol. The fourth-order valence-corrected chi connectivity index (χ4v) is 4.22. The maximum absolute atomic E-state index is 13.0. The molecule has 6 heteroatoms. The molecule has 2 fully saturated rings. The maximum atomic E-state index is 13.0. The van der Waals surface area contributed by atoms with Crippen molar-refractivity contribution in [3.05, 3.63) is 44.2 Å². The molecule has 126 valence electrons. The van der Waals surface area contributed by atoms with E-state index in [9.17, 15) is 9.59 Å². The number of benzene rings is 1. The molecule has 24 heavy (non-hydrogen) atoms. The zero-order valence-corrected chi connectivity index (χ0v) is 15.1. The van der Waals surface area contributed by atoms with Gasteiger partial charge in [-0.1, -0.05) is 15.9 Å². The van der Waals surface area contributed by atoms with E-state index in [-0.39, 0.29) is 11.5 Å². The molecule has 0 aliphatic carbocycles. The molecule has 2 saturated heterocycles. The van der Waals surface area contributed by atoms with Crippen LogP contribution >= 0.6 is 15.9 Å². The van der Waals surface area contributed by atoms with Gasteiger partial charge >= 0.3 is 5.63 Å². The molecule has 2 aromatic rings. The van der Waals surface area contributed by atoms with Crippen molar-refractivity contribution < 1.29 is 9.21 Å². The van der Waals surface area contributed by atoms with E-state index in [0.717, 1.165) is 22.7 Å². The van der Waals surface area contributed by atoms with E-state index in [2.05, 4.69) is 21.2 Å². The predicted molar refractivity (Wildman–Crippen MR) is 95.4 cm³/mol. The van der Waals surface area contributed by atoms with Gasteiger partial charge in [0, 0.05) is 35.0 Å². The zero-order valence-electron chi connectivity index (χ0n) is 13.5. The summed E-state index contributed by atoms with van der Waals surface area (Å²) in [6.07, 6.45) is 3.20. The minimum Gasteiger partial charge on any atom is -0.422 e. The highest BCUT2D eigenvalue weighted by molar-refractivity contribution is 9.10. The highest BCUT2D eigenvalue weighted by Crippen LogP contribution is 2.26. The van der Waals surface area contributed by atoms with Crippen molar-refractivity contribution in [3.8, 4) is 0 Å². The number of likely N-dealkylation sites (tertiary alicyclic amines) is 1. The van der Waals surface area contributed by atoms with E-state index in [1.54, 1.807) is 11.0 Å². The fourth-order valence-electron chi connectivity index (χ4n) is 3.86. The van der Waals surface area contributed by atoms with Crippen LogP contribution in [0.4, 0.5) is 0 Å². The third-order valence-electron chi connectivity index (χ3n) is 5.15. The molecular formula is C18H19BrN2O3. The molecule has 0 saturated carbocycles. The number of hydrogen-bond donors (Lipinski definition) is 1. The number of nitrogens with zero attached hydrogens (tertiary/aromatic N) is 1. The van der Waals surface area contributed by atoms with Crippen molar-refractivity contribution >= 4 is 32.8 Å². The van der Waals surface area contributed by atoms with Gasteiger partial charge in [-0.05, 0) is 49.9 Å². The lowest BCUT2D eigenvalue weighted by atomic mass is 10.0. The van der Waals surface area contributed by atoms with Gasteiger partial charge in [0.1, 0.15) is 11.1 Å². The molecule has 3 heterocycles. The van der Waals surface area contributed by atoms with E-state index >= 15 is 0 Å². The standard InChI is InChI=1S/C18H19BrN2O3/c1-10-14-8-11(19)2-5-15(14)24-18(23)16(10)17(22)21-7-6-12-3-4-13(9-21)20-12/h2,5,8,12-13,20H,3-4,6-7,9H2,1H3. The van der Waals surface area contributed by atoms with Crippen LogP contribution in [0.25, 0.3) is 11.0 Å². The van der Waals surface area contributed by atoms with E-state index in [0.29, 0.717) is 36.3 Å². The van der Waals surface area contributed by atoms with E-state index in [4.69, 9.17) is 4.42 Å². The minimum atomic E-state index is -0.547. The molecule has 4 rings (SSSR count). The Bertz CT molecular complexity index is 876. The van der Waals surface area contributed by atoms with E-state index in [1.165, 1.54) is 6.42 Å². The molecule has 2 unspecified atom stereocenters. The van der Waals surface area contributed by atoms with Gasteiger partial charge in [-0.2, -0.15) is 0 Å². The number of nitrogens with one attached hydrogen (secondary N) is 1. The smallest absolute Gasteiger partial charge is 0.349 e. The SMILES string of the molecule is Cc1c(C(=O)N2CCC3CCC(C2)N3)c(=O)oc2ccc(Br)cc12. The molecule has 2 aliphatic rings. The van der Waals surface area contributed by atoms with Crippen molar-refractivity contribution in [2.45, 2.75) is 38.3 Å². The molecule has 1 aromatic carbocycles. The Labute approximate surface area is 148 Å². The Morgan fingerprint density at radius 3 is 2.92 bits per heavy atom. The van der Waals surface area contributed by atoms with Gasteiger partial charge < -0.3 is 14.6 Å². The molecular weight excluding hydrogens is 372 g/mol. The number of halogens is 1. The van der Waals surface area contributed by atoms with Gasteiger partial charge in [0.15, 0.2) is 0 Å². The summed E-state index contributed by atoms with van der Waals surface area (Å²) in [5.74, 6) is -0.211. The first-order valence-corrected chi connectivity index (χ1v) is 9.10. The van der Waals surface area contributed by atoms with Crippen molar-refractivity contribution in [2.24, 2.45) is 0 Å². The minimum absolute atomic E-state index is 0.165. The number of carbonyl (C=O) groups excluding carboxylic acids is 1. The van der Waals surface area contributed by atoms with Crippen LogP contribution < -0.4 is 10.9 Å². The number of rotatable bonds is 1. The maximum Gasteiger partial charge on any atom is 0.349 e. The second kappa shape index (κ2) is 6.01. The van der Waals surface area contributed by atoms with E-state index in [1.807, 2.05) is 19.1 Å². The third kappa shape index (κ3) is 2.67. The Morgan fingerprint density at radius 1 is 1.29 bits per heavy atom. The van der Waals surface area contributed by atoms with Crippen LogP contribution in [0.3, 0.4) is 0 Å². The van der Waals surface area contributed by atoms with Crippen molar-refractivity contribution in [3.63, 3.8) is 0 Å². The Hall–Kier alpha value is -1.66. The first-order valence-electron chi connectivity index (χ1n) is 8.31. The average Bonchev–Trinajstić information content (AvgIpc) is 2.87. The Morgan fingerprint density at radius 2 is 2.08 bits per heavy atom. The topological polar surface area (TPSA) is 62.6 Å². The number of fused-ring (bicyclic) bond motifs is 3. The van der Waals surface area contributed by atoms with Crippen molar-refractivity contribution in [1.82, 2.24) is 10.2 Å². The normalized spacial score (nSPS) is 23.5. The summed E-state index contributed by atoms with van der Waals surface area (Å²) in [5, 5.41) is 4.35. The summed E-state index contributed by atoms with van der Waals surface area (Å²) in [4.78, 5) is 27.3. The summed E-state index contributed by atoms with van der Waals surface area (Å²) >= 11 is 3.43. The summed E-state index contributed by atoms with van der Waals surface area (Å²) < 4.78 is 6.28. The van der Waals surface area contributed by atoms with Crippen LogP contribution in [0.1, 0.15) is 35.2 Å². The first-order chi connectivity index (χ1) is 11.5. The fraction of sp³-hybridized carbons (Fsp3) is 0.444. The number of amides is 1. The van der Waals surface area contributed by atoms with Gasteiger partial charge in [0.2, 0.25) is 0 Å². The van der Waals surface area contributed by atoms with Crippen LogP contribution in [-0.2, 0) is 0 Å². The lowest BCUT2D eigenvalue weighted by molar-refractivity contribution is 0.0743. The molecule has 0 radical (unpaired) electrons. The van der Waals surface area contributed by atoms with Crippen LogP contribution in [0, 0.1) is 6.92 Å². The van der Waals surface area contributed by atoms with E-state index < -0.39 is 5.63 Å². The van der Waals surface area contributed by atoms with Crippen LogP contribution in [0.15, 0.2) is 31.9 Å². The van der Waals surface area contributed by atoms with Crippen LogP contribution in [0.2, 0.25) is 0 Å². The lowest BCUT2D eigenvalue weighted by Crippen LogP contribution is -2.41. The Kier molecular flexibility index (Phi) is 3.96. The van der Waals surface area contributed by atoms with Gasteiger partial charge in [0.05, 0.1) is 0 Å². The highest BCUT2D eigenvalue weighted by atomic mass is 79.9. The molecule has 5 nitrogen and oxygen atoms in total. The van der Waals surface area contributed by atoms with Gasteiger partial charge in [-0.3, -0.25) is 4.79 Å². The summed E-state index contributed by atoms with van der Waals surface area (Å²) in [6.45, 7) is 3.16. The molecule has 0 spiro atoms. The monoisotopic (exact) mass is 390 g/mol. The summed E-state index contributed by atoms with van der Waals surface area (Å²) in [7, 11) is 0. The predicted octanol–water partition coefficient (Wildman–Crippen LogP) is 2.83. The van der Waals surface area contributed by atoms with Gasteiger partial charge in [0.25, 0.3) is 5.91 Å². The second-order valence-electron chi connectivity index (χ2n) is 6.71.